The number of para-hydroxylation sites is 2. The highest BCUT2D eigenvalue weighted by Crippen LogP contribution is 2.38. The summed E-state index contributed by atoms with van der Waals surface area (Å²) < 4.78 is 2.46. The van der Waals surface area contributed by atoms with Crippen molar-refractivity contribution >= 4 is 50.6 Å². The number of benzene rings is 10. The summed E-state index contributed by atoms with van der Waals surface area (Å²) in [5.74, 6) is 1.94. The van der Waals surface area contributed by atoms with Gasteiger partial charge in [-0.3, -0.25) is 0 Å². The molecule has 318 valence electrons. The Hall–Kier alpha value is -8.77. The second-order valence-electron chi connectivity index (χ2n) is 17.5. The fourth-order valence-corrected chi connectivity index (χ4v) is 15.8. The van der Waals surface area contributed by atoms with Gasteiger partial charge in [-0.05, 0) is 72.8 Å². The van der Waals surface area contributed by atoms with Gasteiger partial charge < -0.3 is 4.57 Å². The topological polar surface area (TPSA) is 43.6 Å². The summed E-state index contributed by atoms with van der Waals surface area (Å²) in [6, 6.07) is 92.4. The molecule has 0 fully saturated rings. The standard InChI is InChI=1S/C63H42N4Si/c1-5-19-43(20-6-1)48-35-40-60-55(41-48)53-29-15-18-32-59(53)68(60,49-36-33-47(34-37-49)63-65-61(45-23-9-3-10-24-45)64-62(66-63)46-25-11-4-12-26-46)50-38-39-58-54(42-50)52-28-14-17-31-57(52)67(58)56-30-16-13-27-51(56)44-21-7-2-8-22-44/h1-42H. The molecular weight excluding hydrogens is 841 g/mol. The van der Waals surface area contributed by atoms with Crippen molar-refractivity contribution in [3.8, 4) is 73.2 Å². The number of aromatic nitrogens is 4. The van der Waals surface area contributed by atoms with Crippen molar-refractivity contribution in [2.45, 2.75) is 0 Å². The summed E-state index contributed by atoms with van der Waals surface area (Å²) in [6.07, 6.45) is 0. The lowest BCUT2D eigenvalue weighted by Gasteiger charge is -2.31. The highest BCUT2D eigenvalue weighted by Gasteiger charge is 2.49. The summed E-state index contributed by atoms with van der Waals surface area (Å²) >= 11 is 0. The monoisotopic (exact) mass is 882 g/mol. The molecule has 1 aliphatic rings. The Balaban J connectivity index is 1.04. The highest BCUT2D eigenvalue weighted by molar-refractivity contribution is 7.22. The van der Waals surface area contributed by atoms with Crippen molar-refractivity contribution in [2.75, 3.05) is 0 Å². The number of fused-ring (bicyclic) bond motifs is 6. The molecule has 5 heteroatoms. The lowest BCUT2D eigenvalue weighted by atomic mass is 9.99. The van der Waals surface area contributed by atoms with E-state index in [-0.39, 0.29) is 0 Å². The molecule has 0 aliphatic carbocycles. The molecule has 1 aliphatic heterocycles. The first-order chi connectivity index (χ1) is 33.7. The van der Waals surface area contributed by atoms with Gasteiger partial charge in [0.15, 0.2) is 25.5 Å². The highest BCUT2D eigenvalue weighted by atomic mass is 28.3. The maximum atomic E-state index is 5.12. The average molecular weight is 883 g/mol. The predicted octanol–water partition coefficient (Wildman–Crippen LogP) is 12.7. The van der Waals surface area contributed by atoms with E-state index in [9.17, 15) is 0 Å². The van der Waals surface area contributed by atoms with E-state index in [1.54, 1.807) is 0 Å². The molecule has 0 saturated carbocycles. The largest absolute Gasteiger partial charge is 0.309 e. The average Bonchev–Trinajstić information content (AvgIpc) is 3.92. The van der Waals surface area contributed by atoms with Crippen molar-refractivity contribution in [1.29, 1.82) is 0 Å². The van der Waals surface area contributed by atoms with Gasteiger partial charge in [-0.2, -0.15) is 0 Å². The second kappa shape index (κ2) is 16.3. The minimum absolute atomic E-state index is 0.643. The van der Waals surface area contributed by atoms with Gasteiger partial charge in [0.05, 0.1) is 16.7 Å². The Morgan fingerprint density at radius 1 is 0.279 bits per heavy atom. The summed E-state index contributed by atoms with van der Waals surface area (Å²) in [4.78, 5) is 15.2. The predicted molar refractivity (Wildman–Crippen MR) is 284 cm³/mol. The molecule has 2 aromatic heterocycles. The Morgan fingerprint density at radius 3 is 1.41 bits per heavy atom. The number of hydrogen-bond donors (Lipinski definition) is 0. The second-order valence-corrected chi connectivity index (χ2v) is 21.2. The molecule has 0 spiro atoms. The Labute approximate surface area is 396 Å². The van der Waals surface area contributed by atoms with Gasteiger partial charge in [-0.15, -0.1) is 0 Å². The Kier molecular flexibility index (Phi) is 9.48. The molecule has 0 N–H and O–H groups in total. The Morgan fingerprint density at radius 2 is 0.750 bits per heavy atom. The molecule has 12 aromatic rings. The molecule has 1 unspecified atom stereocenters. The van der Waals surface area contributed by atoms with Gasteiger partial charge in [0.2, 0.25) is 0 Å². The normalized spacial score (nSPS) is 13.9. The maximum absolute atomic E-state index is 5.12. The summed E-state index contributed by atoms with van der Waals surface area (Å²) in [5, 5.41) is 7.90. The van der Waals surface area contributed by atoms with Gasteiger partial charge in [0.1, 0.15) is 0 Å². The van der Waals surface area contributed by atoms with Crippen LogP contribution in [0.4, 0.5) is 0 Å². The lowest BCUT2D eigenvalue weighted by molar-refractivity contribution is 1.07. The number of rotatable bonds is 8. The zero-order valence-corrected chi connectivity index (χ0v) is 38.0. The van der Waals surface area contributed by atoms with Gasteiger partial charge in [-0.1, -0.05) is 231 Å². The zero-order valence-electron chi connectivity index (χ0n) is 37.0. The van der Waals surface area contributed by atoms with E-state index in [0.717, 1.165) is 22.4 Å². The third kappa shape index (κ3) is 6.39. The van der Waals surface area contributed by atoms with Crippen LogP contribution in [0.2, 0.25) is 0 Å². The SMILES string of the molecule is c1ccc(-c2ccc3c(c2)-c2ccccc2[Si]3(c2ccc(-c3nc(-c4ccccc4)nc(-c4ccccc4)n3)cc2)c2ccc3c(c2)c2ccccc2n3-c2ccccc2-c2ccccc2)cc1. The van der Waals surface area contributed by atoms with Crippen LogP contribution in [0.3, 0.4) is 0 Å². The molecule has 68 heavy (non-hydrogen) atoms. The smallest absolute Gasteiger partial charge is 0.180 e. The van der Waals surface area contributed by atoms with E-state index in [1.165, 1.54) is 75.9 Å². The van der Waals surface area contributed by atoms with Gasteiger partial charge in [-0.25, -0.2) is 15.0 Å². The minimum Gasteiger partial charge on any atom is -0.309 e. The van der Waals surface area contributed by atoms with Gasteiger partial charge in [0.25, 0.3) is 0 Å². The van der Waals surface area contributed by atoms with Crippen LogP contribution in [-0.4, -0.2) is 27.6 Å². The summed E-state index contributed by atoms with van der Waals surface area (Å²) in [7, 11) is -3.00. The third-order valence-corrected chi connectivity index (χ3v) is 18.6. The van der Waals surface area contributed by atoms with Crippen LogP contribution in [0.15, 0.2) is 255 Å². The molecule has 13 rings (SSSR count). The zero-order chi connectivity index (χ0) is 45.0. The van der Waals surface area contributed by atoms with Gasteiger partial charge >= 0.3 is 0 Å². The molecule has 1 atom stereocenters. The van der Waals surface area contributed by atoms with E-state index in [4.69, 9.17) is 15.0 Å². The fraction of sp³-hybridized carbons (Fsp3) is 0. The summed E-state index contributed by atoms with van der Waals surface area (Å²) in [5.41, 5.74) is 13.8. The van der Waals surface area contributed by atoms with E-state index in [1.807, 2.05) is 36.4 Å². The van der Waals surface area contributed by atoms with E-state index in [0.29, 0.717) is 17.5 Å². The molecule has 3 heterocycles. The number of nitrogens with zero attached hydrogens (tertiary/aromatic N) is 4. The van der Waals surface area contributed by atoms with E-state index >= 15 is 0 Å². The van der Waals surface area contributed by atoms with Crippen LogP contribution in [-0.2, 0) is 0 Å². The van der Waals surface area contributed by atoms with E-state index < -0.39 is 8.07 Å². The first kappa shape index (κ1) is 39.6. The van der Waals surface area contributed by atoms with E-state index in [2.05, 4.69) is 223 Å². The van der Waals surface area contributed by atoms with Crippen LogP contribution in [0, 0.1) is 0 Å². The van der Waals surface area contributed by atoms with Crippen molar-refractivity contribution < 1.29 is 0 Å². The van der Waals surface area contributed by atoms with Crippen molar-refractivity contribution in [1.82, 2.24) is 19.5 Å². The minimum atomic E-state index is -3.00. The maximum Gasteiger partial charge on any atom is 0.180 e. The first-order valence-corrected chi connectivity index (χ1v) is 25.2. The quantitative estimate of drug-likeness (QED) is 0.143. The van der Waals surface area contributed by atoms with Crippen LogP contribution >= 0.6 is 0 Å². The Bertz CT molecular complexity index is 3780. The van der Waals surface area contributed by atoms with Crippen molar-refractivity contribution in [3.05, 3.63) is 255 Å². The summed E-state index contributed by atoms with van der Waals surface area (Å²) in [6.45, 7) is 0. The molecule has 4 nitrogen and oxygen atoms in total. The van der Waals surface area contributed by atoms with Crippen molar-refractivity contribution in [3.63, 3.8) is 0 Å². The van der Waals surface area contributed by atoms with Crippen molar-refractivity contribution in [2.24, 2.45) is 0 Å². The van der Waals surface area contributed by atoms with Crippen LogP contribution in [0.1, 0.15) is 0 Å². The molecule has 0 saturated heterocycles. The van der Waals surface area contributed by atoms with Crippen LogP contribution in [0.25, 0.3) is 95.0 Å². The lowest BCUT2D eigenvalue weighted by Crippen LogP contribution is -2.72. The van der Waals surface area contributed by atoms with Gasteiger partial charge in [0, 0.05) is 33.0 Å². The molecule has 0 bridgehead atoms. The molecule has 0 amide bonds. The fourth-order valence-electron chi connectivity index (χ4n) is 10.7. The first-order valence-electron chi connectivity index (χ1n) is 23.2. The third-order valence-electron chi connectivity index (χ3n) is 13.8. The molecule has 10 aromatic carbocycles. The number of hydrogen-bond acceptors (Lipinski definition) is 3. The molecule has 0 radical (unpaired) electrons. The molecular formula is C63H42N4Si. The van der Waals surface area contributed by atoms with Crippen LogP contribution in [0.5, 0.6) is 0 Å². The van der Waals surface area contributed by atoms with Crippen LogP contribution < -0.4 is 20.7 Å².